The van der Waals surface area contributed by atoms with Crippen LogP contribution in [-0.2, 0) is 4.79 Å². The topological polar surface area (TPSA) is 64.3 Å². The summed E-state index contributed by atoms with van der Waals surface area (Å²) in [6, 6.07) is 2.95. The van der Waals surface area contributed by atoms with Crippen LogP contribution in [0.1, 0.15) is 25.7 Å². The summed E-state index contributed by atoms with van der Waals surface area (Å²) in [5, 5.41) is 2.86. The summed E-state index contributed by atoms with van der Waals surface area (Å²) in [7, 11) is 0. The number of rotatable bonds is 5. The van der Waals surface area contributed by atoms with E-state index in [0.717, 1.165) is 37.8 Å². The van der Waals surface area contributed by atoms with E-state index in [1.54, 1.807) is 0 Å². The van der Waals surface area contributed by atoms with E-state index >= 15 is 0 Å². The van der Waals surface area contributed by atoms with Crippen molar-refractivity contribution < 1.29 is 18.3 Å². The van der Waals surface area contributed by atoms with E-state index in [2.05, 4.69) is 5.32 Å². The van der Waals surface area contributed by atoms with Crippen molar-refractivity contribution in [3.05, 3.63) is 29.8 Å². The fraction of sp³-hybridized carbons (Fsp3) is 0.500. The molecule has 1 saturated carbocycles. The van der Waals surface area contributed by atoms with Gasteiger partial charge >= 0.3 is 0 Å². The van der Waals surface area contributed by atoms with Gasteiger partial charge in [0, 0.05) is 12.6 Å². The van der Waals surface area contributed by atoms with Crippen molar-refractivity contribution in [3.8, 4) is 5.75 Å². The molecule has 7 heteroatoms. The largest absolute Gasteiger partial charge is 0.481 e. The van der Waals surface area contributed by atoms with E-state index in [0.29, 0.717) is 12.6 Å². The van der Waals surface area contributed by atoms with Crippen LogP contribution in [0.5, 0.6) is 5.75 Å². The average Bonchev–Trinajstić information content (AvgIpc) is 2.87. The van der Waals surface area contributed by atoms with Gasteiger partial charge in [0.25, 0.3) is 5.91 Å². The lowest BCUT2D eigenvalue weighted by Gasteiger charge is -2.28. The summed E-state index contributed by atoms with van der Waals surface area (Å²) in [4.78, 5) is 11.8. The highest BCUT2D eigenvalue weighted by atomic mass is 35.5. The summed E-state index contributed by atoms with van der Waals surface area (Å²) in [6.07, 6.45) is 3.76. The van der Waals surface area contributed by atoms with Crippen LogP contribution in [0.15, 0.2) is 18.2 Å². The zero-order chi connectivity index (χ0) is 14.6. The SMILES string of the molecule is Cl.NCC1(NC(=O)COc2ccc(F)cc2F)CCCC1. The highest BCUT2D eigenvalue weighted by Crippen LogP contribution is 2.28. The van der Waals surface area contributed by atoms with Crippen LogP contribution in [0.3, 0.4) is 0 Å². The van der Waals surface area contributed by atoms with Crippen molar-refractivity contribution in [3.63, 3.8) is 0 Å². The van der Waals surface area contributed by atoms with Crippen molar-refractivity contribution in [2.75, 3.05) is 13.2 Å². The Bertz CT molecular complexity index is 494. The first-order chi connectivity index (χ1) is 9.54. The molecular formula is C14H19ClF2N2O2. The van der Waals surface area contributed by atoms with Gasteiger partial charge in [-0.05, 0) is 25.0 Å². The lowest BCUT2D eigenvalue weighted by atomic mass is 9.98. The second kappa shape index (κ2) is 7.56. The van der Waals surface area contributed by atoms with Crippen LogP contribution < -0.4 is 15.8 Å². The Morgan fingerprint density at radius 2 is 2.00 bits per heavy atom. The fourth-order valence-corrected chi connectivity index (χ4v) is 2.50. The first-order valence-corrected chi connectivity index (χ1v) is 6.64. The summed E-state index contributed by atoms with van der Waals surface area (Å²) in [6.45, 7) is 0.0634. The number of nitrogens with one attached hydrogen (secondary N) is 1. The Labute approximate surface area is 128 Å². The third-order valence-corrected chi connectivity index (χ3v) is 3.61. The standard InChI is InChI=1S/C14H18F2N2O2.ClH/c15-10-3-4-12(11(16)7-10)20-8-13(19)18-14(9-17)5-1-2-6-14;/h3-4,7H,1-2,5-6,8-9,17H2,(H,18,19);1H. The van der Waals surface area contributed by atoms with Gasteiger partial charge in [-0.3, -0.25) is 4.79 Å². The number of ether oxygens (including phenoxy) is 1. The molecule has 0 spiro atoms. The third kappa shape index (κ3) is 4.54. The lowest BCUT2D eigenvalue weighted by Crippen LogP contribution is -2.52. The molecule has 1 aliphatic carbocycles. The summed E-state index contributed by atoms with van der Waals surface area (Å²) < 4.78 is 31.1. The lowest BCUT2D eigenvalue weighted by molar-refractivity contribution is -0.125. The van der Waals surface area contributed by atoms with Crippen LogP contribution in [0.4, 0.5) is 8.78 Å². The molecule has 0 heterocycles. The molecule has 21 heavy (non-hydrogen) atoms. The van der Waals surface area contributed by atoms with Crippen molar-refractivity contribution >= 4 is 18.3 Å². The van der Waals surface area contributed by atoms with E-state index in [-0.39, 0.29) is 36.2 Å². The molecule has 2 rings (SSSR count). The van der Waals surface area contributed by atoms with Gasteiger partial charge in [-0.15, -0.1) is 12.4 Å². The van der Waals surface area contributed by atoms with Gasteiger partial charge in [0.1, 0.15) is 5.82 Å². The maximum atomic E-state index is 13.3. The highest BCUT2D eigenvalue weighted by molar-refractivity contribution is 5.85. The van der Waals surface area contributed by atoms with Crippen molar-refractivity contribution in [1.82, 2.24) is 5.32 Å². The molecule has 1 aliphatic rings. The molecule has 0 aliphatic heterocycles. The van der Waals surface area contributed by atoms with Crippen LogP contribution >= 0.6 is 12.4 Å². The van der Waals surface area contributed by atoms with E-state index in [4.69, 9.17) is 10.5 Å². The molecule has 0 bridgehead atoms. The number of hydrogen-bond donors (Lipinski definition) is 2. The second-order valence-electron chi connectivity index (χ2n) is 5.10. The van der Waals surface area contributed by atoms with Gasteiger partial charge in [-0.25, -0.2) is 8.78 Å². The maximum absolute atomic E-state index is 13.3. The van der Waals surface area contributed by atoms with Crippen molar-refractivity contribution in [2.45, 2.75) is 31.2 Å². The summed E-state index contributed by atoms with van der Waals surface area (Å²) >= 11 is 0. The Kier molecular flexibility index (Phi) is 6.36. The molecule has 1 fully saturated rings. The number of hydrogen-bond acceptors (Lipinski definition) is 3. The quantitative estimate of drug-likeness (QED) is 0.873. The molecule has 0 atom stereocenters. The number of carbonyl (C=O) groups is 1. The van der Waals surface area contributed by atoms with Gasteiger partial charge in [0.05, 0.1) is 5.54 Å². The first-order valence-electron chi connectivity index (χ1n) is 6.64. The smallest absolute Gasteiger partial charge is 0.258 e. The van der Waals surface area contributed by atoms with Crippen molar-refractivity contribution in [2.24, 2.45) is 5.73 Å². The molecule has 1 aromatic carbocycles. The maximum Gasteiger partial charge on any atom is 0.258 e. The first kappa shape index (κ1) is 17.7. The average molecular weight is 321 g/mol. The fourth-order valence-electron chi connectivity index (χ4n) is 2.50. The molecule has 0 saturated heterocycles. The van der Waals surface area contributed by atoms with E-state index in [1.165, 1.54) is 0 Å². The summed E-state index contributed by atoms with van der Waals surface area (Å²) in [5.41, 5.74) is 5.35. The molecule has 1 amide bonds. The van der Waals surface area contributed by atoms with Crippen LogP contribution in [0.25, 0.3) is 0 Å². The predicted octanol–water partition coefficient (Wildman–Crippen LogP) is 2.15. The number of nitrogens with two attached hydrogens (primary N) is 1. The van der Waals surface area contributed by atoms with Crippen LogP contribution in [0, 0.1) is 11.6 Å². The van der Waals surface area contributed by atoms with Crippen LogP contribution in [-0.4, -0.2) is 24.6 Å². The van der Waals surface area contributed by atoms with Gasteiger partial charge in [0.2, 0.25) is 0 Å². The minimum absolute atomic E-state index is 0. The molecular weight excluding hydrogens is 302 g/mol. The third-order valence-electron chi connectivity index (χ3n) is 3.61. The van der Waals surface area contributed by atoms with E-state index in [1.807, 2.05) is 0 Å². The van der Waals surface area contributed by atoms with Crippen LogP contribution in [0.2, 0.25) is 0 Å². The number of benzene rings is 1. The van der Waals surface area contributed by atoms with Gasteiger partial charge < -0.3 is 15.8 Å². The number of amides is 1. The molecule has 0 unspecified atom stereocenters. The summed E-state index contributed by atoms with van der Waals surface area (Å²) in [5.74, 6) is -2.00. The number of halogens is 3. The molecule has 3 N–H and O–H groups in total. The Morgan fingerprint density at radius 1 is 1.33 bits per heavy atom. The molecule has 0 aromatic heterocycles. The zero-order valence-electron chi connectivity index (χ0n) is 11.5. The Balaban J connectivity index is 0.00000220. The second-order valence-corrected chi connectivity index (χ2v) is 5.10. The highest BCUT2D eigenvalue weighted by Gasteiger charge is 2.33. The Hall–Kier alpha value is -1.40. The van der Waals surface area contributed by atoms with E-state index in [9.17, 15) is 13.6 Å². The predicted molar refractivity (Wildman–Crippen MR) is 77.5 cm³/mol. The van der Waals surface area contributed by atoms with Crippen molar-refractivity contribution in [1.29, 1.82) is 0 Å². The van der Waals surface area contributed by atoms with Gasteiger partial charge in [0.15, 0.2) is 18.2 Å². The molecule has 4 nitrogen and oxygen atoms in total. The minimum atomic E-state index is -0.827. The zero-order valence-corrected chi connectivity index (χ0v) is 12.3. The number of carbonyl (C=O) groups excluding carboxylic acids is 1. The monoisotopic (exact) mass is 320 g/mol. The normalized spacial score (nSPS) is 16.1. The van der Waals surface area contributed by atoms with Gasteiger partial charge in [-0.1, -0.05) is 12.8 Å². The molecule has 0 radical (unpaired) electrons. The Morgan fingerprint density at radius 3 is 2.57 bits per heavy atom. The van der Waals surface area contributed by atoms with Gasteiger partial charge in [-0.2, -0.15) is 0 Å². The minimum Gasteiger partial charge on any atom is -0.481 e. The molecule has 118 valence electrons. The molecule has 1 aromatic rings. The van der Waals surface area contributed by atoms with E-state index < -0.39 is 11.6 Å².